The second kappa shape index (κ2) is 7.60. The molecule has 4 heteroatoms. The SMILES string of the molecule is COc1cc(C)nc(CNCC2CCCCC2CO)c1. The van der Waals surface area contributed by atoms with Crippen molar-refractivity contribution in [3.05, 3.63) is 23.5 Å². The van der Waals surface area contributed by atoms with Gasteiger partial charge in [-0.05, 0) is 38.1 Å². The third-order valence-corrected chi connectivity index (χ3v) is 4.23. The summed E-state index contributed by atoms with van der Waals surface area (Å²) in [5.74, 6) is 1.93. The molecule has 1 fully saturated rings. The average molecular weight is 278 g/mol. The van der Waals surface area contributed by atoms with Gasteiger partial charge in [0.05, 0.1) is 12.8 Å². The van der Waals surface area contributed by atoms with Crippen LogP contribution in [0.1, 0.15) is 37.1 Å². The van der Waals surface area contributed by atoms with Crippen molar-refractivity contribution in [1.29, 1.82) is 0 Å². The zero-order valence-electron chi connectivity index (χ0n) is 12.6. The Labute approximate surface area is 121 Å². The van der Waals surface area contributed by atoms with Crippen molar-refractivity contribution in [2.24, 2.45) is 11.8 Å². The molecule has 0 bridgehead atoms. The molecule has 0 amide bonds. The van der Waals surface area contributed by atoms with E-state index < -0.39 is 0 Å². The Balaban J connectivity index is 1.84. The molecular formula is C16H26N2O2. The van der Waals surface area contributed by atoms with Crippen LogP contribution in [0.4, 0.5) is 0 Å². The normalized spacial score (nSPS) is 22.8. The Hall–Kier alpha value is -1.13. The number of nitrogens with zero attached hydrogens (tertiary/aromatic N) is 1. The maximum atomic E-state index is 9.43. The first kappa shape index (κ1) is 15.3. The minimum atomic E-state index is 0.322. The van der Waals surface area contributed by atoms with Crippen LogP contribution in [-0.2, 0) is 6.54 Å². The van der Waals surface area contributed by atoms with Gasteiger partial charge in [-0.25, -0.2) is 0 Å². The molecule has 1 aliphatic rings. The number of pyridine rings is 1. The molecule has 1 aromatic rings. The van der Waals surface area contributed by atoms with E-state index in [9.17, 15) is 5.11 Å². The number of hydrogen-bond acceptors (Lipinski definition) is 4. The van der Waals surface area contributed by atoms with Gasteiger partial charge in [0, 0.05) is 31.0 Å². The fraction of sp³-hybridized carbons (Fsp3) is 0.688. The van der Waals surface area contributed by atoms with Crippen molar-refractivity contribution in [2.75, 3.05) is 20.3 Å². The molecule has 2 N–H and O–H groups in total. The summed E-state index contributed by atoms with van der Waals surface area (Å²) in [7, 11) is 1.68. The molecule has 0 aliphatic heterocycles. The maximum Gasteiger partial charge on any atom is 0.122 e. The van der Waals surface area contributed by atoms with Gasteiger partial charge in [-0.2, -0.15) is 0 Å². The highest BCUT2D eigenvalue weighted by atomic mass is 16.5. The van der Waals surface area contributed by atoms with Crippen molar-refractivity contribution < 1.29 is 9.84 Å². The number of hydrogen-bond donors (Lipinski definition) is 2. The summed E-state index contributed by atoms with van der Waals surface area (Å²) in [5.41, 5.74) is 1.99. The van der Waals surface area contributed by atoms with E-state index in [0.717, 1.165) is 30.2 Å². The highest BCUT2D eigenvalue weighted by Gasteiger charge is 2.23. The minimum absolute atomic E-state index is 0.322. The number of aromatic nitrogens is 1. The number of aryl methyl sites for hydroxylation is 1. The van der Waals surface area contributed by atoms with Crippen LogP contribution in [0, 0.1) is 18.8 Å². The minimum Gasteiger partial charge on any atom is -0.497 e. The Kier molecular flexibility index (Phi) is 5.80. The third kappa shape index (κ3) is 4.18. The zero-order chi connectivity index (χ0) is 14.4. The molecule has 2 atom stereocenters. The monoisotopic (exact) mass is 278 g/mol. The Morgan fingerprint density at radius 3 is 2.75 bits per heavy atom. The van der Waals surface area contributed by atoms with Crippen LogP contribution in [0.5, 0.6) is 5.75 Å². The van der Waals surface area contributed by atoms with Gasteiger partial charge in [-0.15, -0.1) is 0 Å². The number of nitrogens with one attached hydrogen (secondary N) is 1. The third-order valence-electron chi connectivity index (χ3n) is 4.23. The van der Waals surface area contributed by atoms with Crippen LogP contribution in [0.25, 0.3) is 0 Å². The van der Waals surface area contributed by atoms with Gasteiger partial charge in [0.15, 0.2) is 0 Å². The molecule has 1 heterocycles. The summed E-state index contributed by atoms with van der Waals surface area (Å²) in [4.78, 5) is 4.51. The van der Waals surface area contributed by atoms with Gasteiger partial charge in [-0.1, -0.05) is 12.8 Å². The quantitative estimate of drug-likeness (QED) is 0.838. The van der Waals surface area contributed by atoms with Gasteiger partial charge in [0.1, 0.15) is 5.75 Å². The maximum absolute atomic E-state index is 9.43. The fourth-order valence-electron chi connectivity index (χ4n) is 3.09. The summed E-state index contributed by atoms with van der Waals surface area (Å²) < 4.78 is 5.27. The van der Waals surface area contributed by atoms with Crippen molar-refractivity contribution in [2.45, 2.75) is 39.2 Å². The summed E-state index contributed by atoms with van der Waals surface area (Å²) in [6, 6.07) is 3.91. The Morgan fingerprint density at radius 2 is 2.05 bits per heavy atom. The molecule has 0 radical (unpaired) electrons. The lowest BCUT2D eigenvalue weighted by Gasteiger charge is -2.30. The molecule has 20 heavy (non-hydrogen) atoms. The van der Waals surface area contributed by atoms with Gasteiger partial charge in [0.25, 0.3) is 0 Å². The molecule has 2 unspecified atom stereocenters. The van der Waals surface area contributed by atoms with Crippen LogP contribution >= 0.6 is 0 Å². The molecule has 0 saturated heterocycles. The van der Waals surface area contributed by atoms with Crippen LogP contribution in [0.15, 0.2) is 12.1 Å². The first-order valence-electron chi connectivity index (χ1n) is 7.56. The highest BCUT2D eigenvalue weighted by Crippen LogP contribution is 2.29. The van der Waals surface area contributed by atoms with Gasteiger partial charge in [0.2, 0.25) is 0 Å². The topological polar surface area (TPSA) is 54.4 Å². The lowest BCUT2D eigenvalue weighted by molar-refractivity contribution is 0.133. The van der Waals surface area contributed by atoms with Crippen molar-refractivity contribution in [1.82, 2.24) is 10.3 Å². The van der Waals surface area contributed by atoms with Crippen LogP contribution in [-0.4, -0.2) is 30.4 Å². The second-order valence-corrected chi connectivity index (χ2v) is 5.76. The van der Waals surface area contributed by atoms with Crippen LogP contribution in [0.2, 0.25) is 0 Å². The molecule has 0 spiro atoms. The molecule has 1 aromatic heterocycles. The number of aliphatic hydroxyl groups is 1. The van der Waals surface area contributed by atoms with E-state index in [4.69, 9.17) is 4.74 Å². The fourth-order valence-corrected chi connectivity index (χ4v) is 3.09. The number of rotatable bonds is 6. The largest absolute Gasteiger partial charge is 0.497 e. The predicted molar refractivity (Wildman–Crippen MR) is 79.8 cm³/mol. The van der Waals surface area contributed by atoms with Gasteiger partial charge < -0.3 is 15.2 Å². The first-order chi connectivity index (χ1) is 9.72. The molecule has 1 saturated carbocycles. The summed E-state index contributed by atoms with van der Waals surface area (Å²) in [6.07, 6.45) is 4.94. The van der Waals surface area contributed by atoms with Crippen LogP contribution in [0.3, 0.4) is 0 Å². The Bertz CT molecular complexity index is 423. The zero-order valence-corrected chi connectivity index (χ0v) is 12.6. The van der Waals surface area contributed by atoms with E-state index in [1.165, 1.54) is 25.7 Å². The van der Waals surface area contributed by atoms with Crippen molar-refractivity contribution in [3.63, 3.8) is 0 Å². The molecule has 4 nitrogen and oxygen atoms in total. The lowest BCUT2D eigenvalue weighted by atomic mass is 9.79. The first-order valence-corrected chi connectivity index (χ1v) is 7.56. The van der Waals surface area contributed by atoms with E-state index in [1.54, 1.807) is 7.11 Å². The molecule has 0 aromatic carbocycles. The molecular weight excluding hydrogens is 252 g/mol. The summed E-state index contributed by atoms with van der Waals surface area (Å²) in [5, 5.41) is 12.9. The van der Waals surface area contributed by atoms with Crippen molar-refractivity contribution in [3.8, 4) is 5.75 Å². The number of ether oxygens (including phenoxy) is 1. The lowest BCUT2D eigenvalue weighted by Crippen LogP contribution is -2.32. The highest BCUT2D eigenvalue weighted by molar-refractivity contribution is 5.26. The van der Waals surface area contributed by atoms with E-state index in [-0.39, 0.29) is 0 Å². The number of aliphatic hydroxyl groups excluding tert-OH is 1. The van der Waals surface area contributed by atoms with Gasteiger partial charge >= 0.3 is 0 Å². The van der Waals surface area contributed by atoms with Crippen LogP contribution < -0.4 is 10.1 Å². The van der Waals surface area contributed by atoms with E-state index >= 15 is 0 Å². The van der Waals surface area contributed by atoms with E-state index in [2.05, 4.69) is 10.3 Å². The standard InChI is InChI=1S/C16H26N2O2/c1-12-7-16(20-2)8-15(18-12)10-17-9-13-5-3-4-6-14(13)11-19/h7-8,13-14,17,19H,3-6,9-11H2,1-2H3. The second-order valence-electron chi connectivity index (χ2n) is 5.76. The van der Waals surface area contributed by atoms with E-state index in [1.807, 2.05) is 19.1 Å². The smallest absolute Gasteiger partial charge is 0.122 e. The average Bonchev–Trinajstić information content (AvgIpc) is 2.47. The number of methoxy groups -OCH3 is 1. The summed E-state index contributed by atoms with van der Waals surface area (Å²) in [6.45, 7) is 4.02. The van der Waals surface area contributed by atoms with E-state index in [0.29, 0.717) is 18.4 Å². The molecule has 112 valence electrons. The summed E-state index contributed by atoms with van der Waals surface area (Å²) >= 11 is 0. The predicted octanol–water partition coefficient (Wildman–Crippen LogP) is 2.29. The van der Waals surface area contributed by atoms with Crippen molar-refractivity contribution >= 4 is 0 Å². The molecule has 2 rings (SSSR count). The Morgan fingerprint density at radius 1 is 1.30 bits per heavy atom. The molecule has 1 aliphatic carbocycles. The van der Waals surface area contributed by atoms with Gasteiger partial charge in [-0.3, -0.25) is 4.98 Å².